The van der Waals surface area contributed by atoms with E-state index in [1.165, 1.54) is 0 Å². The lowest BCUT2D eigenvalue weighted by atomic mass is 10.1. The molecule has 1 saturated heterocycles. The van der Waals surface area contributed by atoms with Crippen LogP contribution in [0.1, 0.15) is 5.01 Å². The molecular weight excluding hydrogens is 325 g/mol. The summed E-state index contributed by atoms with van der Waals surface area (Å²) in [6.45, 7) is 4.74. The zero-order chi connectivity index (χ0) is 17.1. The van der Waals surface area contributed by atoms with Gasteiger partial charge in [0.15, 0.2) is 11.6 Å². The van der Waals surface area contributed by atoms with Gasteiger partial charge in [0.1, 0.15) is 12.4 Å². The highest BCUT2D eigenvalue weighted by Gasteiger charge is 2.20. The molecule has 1 amide bonds. The van der Waals surface area contributed by atoms with Crippen molar-refractivity contribution in [3.8, 4) is 5.75 Å². The average Bonchev–Trinajstić information content (AvgIpc) is 2.92. The van der Waals surface area contributed by atoms with E-state index in [-0.39, 0.29) is 12.4 Å². The predicted molar refractivity (Wildman–Crippen MR) is 94.0 cm³/mol. The number of ketones is 1. The van der Waals surface area contributed by atoms with Gasteiger partial charge in [0.2, 0.25) is 7.85 Å². The summed E-state index contributed by atoms with van der Waals surface area (Å²) >= 11 is 1.63. The van der Waals surface area contributed by atoms with Crippen LogP contribution in [-0.4, -0.2) is 73.6 Å². The van der Waals surface area contributed by atoms with E-state index in [0.29, 0.717) is 38.5 Å². The number of amides is 1. The number of piperazine rings is 1. The molecule has 1 aromatic heterocycles. The van der Waals surface area contributed by atoms with Crippen molar-refractivity contribution < 1.29 is 14.3 Å². The Morgan fingerprint density at radius 2 is 2.04 bits per heavy atom. The number of aromatic nitrogens is 1. The smallest absolute Gasteiger partial charge is 0.200 e. The van der Waals surface area contributed by atoms with E-state index in [0.717, 1.165) is 15.2 Å². The van der Waals surface area contributed by atoms with Crippen LogP contribution in [0, 0.1) is 6.92 Å². The topological polar surface area (TPSA) is 62.7 Å². The molecule has 0 N–H and O–H groups in total. The van der Waals surface area contributed by atoms with Gasteiger partial charge in [-0.2, -0.15) is 0 Å². The standard InChI is InChI=1S/C16H18BN3O3S/c1-11-18-14-8-13(2-3-15(14)24-11)23-10-12(21)9-19-4-6-20(7-5-19)16(17)22/h2-3,8H,4-7,9-10H2,1H3. The van der Waals surface area contributed by atoms with Crippen molar-refractivity contribution in [3.63, 3.8) is 0 Å². The van der Waals surface area contributed by atoms with E-state index in [1.807, 2.05) is 30.0 Å². The van der Waals surface area contributed by atoms with Gasteiger partial charge in [-0.1, -0.05) is 0 Å². The van der Waals surface area contributed by atoms with Crippen molar-refractivity contribution in [1.29, 1.82) is 0 Å². The van der Waals surface area contributed by atoms with Gasteiger partial charge in [0.25, 0.3) is 0 Å². The number of ether oxygens (including phenoxy) is 1. The Bertz CT molecular complexity index is 756. The Balaban J connectivity index is 1.47. The van der Waals surface area contributed by atoms with Gasteiger partial charge in [-0.3, -0.25) is 14.5 Å². The minimum Gasteiger partial charge on any atom is -0.486 e. The zero-order valence-corrected chi connectivity index (χ0v) is 14.3. The van der Waals surface area contributed by atoms with Crippen molar-refractivity contribution in [2.24, 2.45) is 0 Å². The number of fused-ring (bicyclic) bond motifs is 1. The molecule has 0 saturated carbocycles. The van der Waals surface area contributed by atoms with Crippen molar-refractivity contribution in [2.75, 3.05) is 39.3 Å². The minimum absolute atomic E-state index is 0.0112. The Hall–Kier alpha value is -1.93. The molecule has 0 spiro atoms. The quantitative estimate of drug-likeness (QED) is 0.769. The fraction of sp³-hybridized carbons (Fsp3) is 0.438. The second-order valence-electron chi connectivity index (χ2n) is 5.79. The highest BCUT2D eigenvalue weighted by molar-refractivity contribution is 7.18. The van der Waals surface area contributed by atoms with Crippen LogP contribution in [0.5, 0.6) is 5.75 Å². The maximum Gasteiger partial charge on any atom is 0.200 e. The first-order valence-corrected chi connectivity index (χ1v) is 8.61. The van der Waals surface area contributed by atoms with Gasteiger partial charge in [-0.15, -0.1) is 11.3 Å². The van der Waals surface area contributed by atoms with Crippen LogP contribution >= 0.6 is 11.3 Å². The molecule has 2 radical (unpaired) electrons. The lowest BCUT2D eigenvalue weighted by Crippen LogP contribution is -2.50. The first-order valence-electron chi connectivity index (χ1n) is 7.80. The average molecular weight is 343 g/mol. The largest absolute Gasteiger partial charge is 0.486 e. The molecule has 0 aliphatic carbocycles. The number of hydrogen-bond acceptors (Lipinski definition) is 6. The highest BCUT2D eigenvalue weighted by atomic mass is 32.1. The molecule has 1 fully saturated rings. The Morgan fingerprint density at radius 1 is 1.29 bits per heavy atom. The van der Waals surface area contributed by atoms with Crippen molar-refractivity contribution >= 4 is 41.0 Å². The predicted octanol–water partition coefficient (Wildman–Crippen LogP) is 1.46. The maximum atomic E-state index is 12.1. The molecule has 6 nitrogen and oxygen atoms in total. The van der Waals surface area contributed by atoms with E-state index in [9.17, 15) is 9.59 Å². The fourth-order valence-corrected chi connectivity index (χ4v) is 3.50. The van der Waals surface area contributed by atoms with Crippen molar-refractivity contribution in [2.45, 2.75) is 6.92 Å². The number of thiazole rings is 1. The molecule has 24 heavy (non-hydrogen) atoms. The van der Waals surface area contributed by atoms with Crippen molar-refractivity contribution in [3.05, 3.63) is 23.2 Å². The van der Waals surface area contributed by atoms with Gasteiger partial charge in [0, 0.05) is 32.2 Å². The summed E-state index contributed by atoms with van der Waals surface area (Å²) < 4.78 is 6.70. The van der Waals surface area contributed by atoms with Crippen LogP contribution < -0.4 is 4.74 Å². The SMILES string of the molecule is [B]C(=O)N1CCN(CC(=O)COc2ccc3sc(C)nc3c2)CC1. The number of benzene rings is 1. The van der Waals surface area contributed by atoms with E-state index in [2.05, 4.69) is 4.98 Å². The van der Waals surface area contributed by atoms with Crippen LogP contribution in [-0.2, 0) is 4.79 Å². The molecule has 1 aliphatic rings. The van der Waals surface area contributed by atoms with Gasteiger partial charge >= 0.3 is 0 Å². The molecule has 3 rings (SSSR count). The van der Waals surface area contributed by atoms with Gasteiger partial charge < -0.3 is 9.64 Å². The summed E-state index contributed by atoms with van der Waals surface area (Å²) in [6, 6.07) is 5.68. The molecule has 1 aliphatic heterocycles. The van der Waals surface area contributed by atoms with Crippen LogP contribution in [0.25, 0.3) is 10.2 Å². The molecule has 2 heterocycles. The van der Waals surface area contributed by atoms with E-state index in [4.69, 9.17) is 12.6 Å². The number of nitrogens with zero attached hydrogens (tertiary/aromatic N) is 3. The highest BCUT2D eigenvalue weighted by Crippen LogP contribution is 2.25. The third kappa shape index (κ3) is 4.13. The molecule has 0 bridgehead atoms. The Kier molecular flexibility index (Phi) is 5.16. The zero-order valence-electron chi connectivity index (χ0n) is 13.5. The lowest BCUT2D eigenvalue weighted by Gasteiger charge is -2.34. The number of Topliss-reactive ketones (excluding diaryl/α,β-unsaturated/α-hetero) is 1. The maximum absolute atomic E-state index is 12.1. The Labute approximate surface area is 145 Å². The van der Waals surface area contributed by atoms with Crippen LogP contribution in [0.3, 0.4) is 0 Å². The molecule has 124 valence electrons. The second-order valence-corrected chi connectivity index (χ2v) is 7.03. The van der Waals surface area contributed by atoms with Crippen LogP contribution in [0.15, 0.2) is 18.2 Å². The van der Waals surface area contributed by atoms with Crippen LogP contribution in [0.2, 0.25) is 0 Å². The summed E-state index contributed by atoms with van der Waals surface area (Å²) in [4.78, 5) is 31.2. The number of hydrogen-bond donors (Lipinski definition) is 0. The molecule has 0 unspecified atom stereocenters. The van der Waals surface area contributed by atoms with E-state index < -0.39 is 5.81 Å². The molecule has 1 aromatic carbocycles. The van der Waals surface area contributed by atoms with Gasteiger partial charge in [-0.05, 0) is 19.1 Å². The molecular formula is C16H18BN3O3S. The monoisotopic (exact) mass is 343 g/mol. The van der Waals surface area contributed by atoms with Crippen LogP contribution in [0.4, 0.5) is 4.79 Å². The number of carbonyl (C=O) groups is 2. The third-order valence-electron chi connectivity index (χ3n) is 3.95. The summed E-state index contributed by atoms with van der Waals surface area (Å²) in [7, 11) is 5.24. The normalized spacial score (nSPS) is 15.6. The van der Waals surface area contributed by atoms with Gasteiger partial charge in [0.05, 0.1) is 21.8 Å². The van der Waals surface area contributed by atoms with E-state index in [1.54, 1.807) is 16.2 Å². The first-order chi connectivity index (χ1) is 11.5. The summed E-state index contributed by atoms with van der Waals surface area (Å²) in [5.41, 5.74) is 0.894. The molecule has 2 aromatic rings. The number of aryl methyl sites for hydroxylation is 1. The third-order valence-corrected chi connectivity index (χ3v) is 4.90. The minimum atomic E-state index is -0.406. The Morgan fingerprint density at radius 3 is 2.75 bits per heavy atom. The first kappa shape index (κ1) is 16.9. The number of carbonyl (C=O) groups excluding carboxylic acids is 2. The van der Waals surface area contributed by atoms with E-state index >= 15 is 0 Å². The van der Waals surface area contributed by atoms with Crippen molar-refractivity contribution in [1.82, 2.24) is 14.8 Å². The summed E-state index contributed by atoms with van der Waals surface area (Å²) in [6.07, 6.45) is 0. The second kappa shape index (κ2) is 7.31. The summed E-state index contributed by atoms with van der Waals surface area (Å²) in [5.74, 6) is 0.258. The van der Waals surface area contributed by atoms with Gasteiger partial charge in [-0.25, -0.2) is 4.98 Å². The fourth-order valence-electron chi connectivity index (χ4n) is 2.70. The molecule has 8 heteroatoms. The number of rotatable bonds is 5. The summed E-state index contributed by atoms with van der Waals surface area (Å²) in [5, 5.41) is 1.01. The lowest BCUT2D eigenvalue weighted by molar-refractivity contribution is -0.122. The molecule has 0 atom stereocenters.